The fourth-order valence-electron chi connectivity index (χ4n) is 4.12. The van der Waals surface area contributed by atoms with E-state index in [-0.39, 0.29) is 24.4 Å². The lowest BCUT2D eigenvalue weighted by Gasteiger charge is -2.34. The van der Waals surface area contributed by atoms with Crippen molar-refractivity contribution in [2.45, 2.75) is 25.4 Å². The van der Waals surface area contributed by atoms with Crippen LogP contribution in [0, 0.1) is 11.3 Å². The third-order valence-electron chi connectivity index (χ3n) is 5.71. The highest BCUT2D eigenvalue weighted by atomic mass is 35.5. The maximum Gasteiger partial charge on any atom is 0.226 e. The number of rotatable bonds is 2. The summed E-state index contributed by atoms with van der Waals surface area (Å²) in [6, 6.07) is 7.75. The van der Waals surface area contributed by atoms with Crippen molar-refractivity contribution < 1.29 is 9.53 Å². The molecule has 6 heteroatoms. The van der Waals surface area contributed by atoms with Crippen LogP contribution in [-0.4, -0.2) is 43.6 Å². The zero-order valence-electron chi connectivity index (χ0n) is 13.7. The summed E-state index contributed by atoms with van der Waals surface area (Å²) in [6.07, 6.45) is 3.34. The minimum atomic E-state index is -0.0345. The molecular weight excluding hydrogens is 347 g/mol. The molecule has 4 nitrogen and oxygen atoms in total. The number of amides is 1. The Bertz CT molecular complexity index is 587. The van der Waals surface area contributed by atoms with Gasteiger partial charge in [0.1, 0.15) is 6.10 Å². The number of nitrogens with zero attached hydrogens (tertiary/aromatic N) is 1. The zero-order valence-corrected chi connectivity index (χ0v) is 15.2. The van der Waals surface area contributed by atoms with Crippen LogP contribution in [0.15, 0.2) is 24.3 Å². The van der Waals surface area contributed by atoms with Crippen LogP contribution in [0.4, 0.5) is 0 Å². The van der Waals surface area contributed by atoms with Gasteiger partial charge in [-0.05, 0) is 55.5 Å². The molecule has 0 bridgehead atoms. The minimum Gasteiger partial charge on any atom is -0.370 e. The van der Waals surface area contributed by atoms with Gasteiger partial charge in [-0.1, -0.05) is 23.7 Å². The third-order valence-corrected chi connectivity index (χ3v) is 5.96. The summed E-state index contributed by atoms with van der Waals surface area (Å²) in [7, 11) is 0. The smallest absolute Gasteiger partial charge is 0.226 e. The summed E-state index contributed by atoms with van der Waals surface area (Å²) in [5.74, 6) is 0.586. The SMILES string of the molecule is Cl.O=C(C1CC12CCNCC2)N1CCOC(c2ccc(Cl)cc2)C1. The molecule has 1 aromatic rings. The largest absolute Gasteiger partial charge is 0.370 e. The summed E-state index contributed by atoms with van der Waals surface area (Å²) in [5.41, 5.74) is 1.40. The van der Waals surface area contributed by atoms with Crippen LogP contribution in [0.1, 0.15) is 30.9 Å². The Hall–Kier alpha value is -0.810. The topological polar surface area (TPSA) is 41.6 Å². The molecule has 1 amide bonds. The Balaban J connectivity index is 0.00000169. The number of nitrogens with one attached hydrogen (secondary N) is 1. The van der Waals surface area contributed by atoms with E-state index in [4.69, 9.17) is 16.3 Å². The molecule has 3 fully saturated rings. The van der Waals surface area contributed by atoms with Crippen molar-refractivity contribution in [1.82, 2.24) is 10.2 Å². The zero-order chi connectivity index (χ0) is 15.9. The molecule has 2 aliphatic heterocycles. The highest BCUT2D eigenvalue weighted by Crippen LogP contribution is 2.59. The summed E-state index contributed by atoms with van der Waals surface area (Å²) in [4.78, 5) is 14.9. The number of carbonyl (C=O) groups is 1. The van der Waals surface area contributed by atoms with E-state index in [2.05, 4.69) is 5.32 Å². The first-order chi connectivity index (χ1) is 11.2. The number of ether oxygens (including phenoxy) is 1. The molecule has 132 valence electrons. The molecule has 1 aliphatic carbocycles. The van der Waals surface area contributed by atoms with Crippen LogP contribution in [0.5, 0.6) is 0 Å². The molecule has 1 N–H and O–H groups in total. The maximum atomic E-state index is 12.9. The van der Waals surface area contributed by atoms with Gasteiger partial charge in [0.15, 0.2) is 0 Å². The number of piperidine rings is 1. The van der Waals surface area contributed by atoms with Crippen LogP contribution in [-0.2, 0) is 9.53 Å². The molecular formula is C18H24Cl2N2O2. The van der Waals surface area contributed by atoms with Crippen LogP contribution < -0.4 is 5.32 Å². The maximum absolute atomic E-state index is 12.9. The van der Waals surface area contributed by atoms with Crippen molar-refractivity contribution >= 4 is 29.9 Å². The van der Waals surface area contributed by atoms with Crippen molar-refractivity contribution in [2.75, 3.05) is 32.8 Å². The van der Waals surface area contributed by atoms with Crippen molar-refractivity contribution in [3.63, 3.8) is 0 Å². The Morgan fingerprint density at radius 2 is 1.96 bits per heavy atom. The van der Waals surface area contributed by atoms with E-state index in [1.165, 1.54) is 0 Å². The standard InChI is InChI=1S/C18H23ClN2O2.ClH/c19-14-3-1-13(2-4-14)16-12-21(9-10-23-16)17(22)15-11-18(15)5-7-20-8-6-18;/h1-4,15-16,20H,5-12H2;1H. The van der Waals surface area contributed by atoms with Crippen molar-refractivity contribution in [3.05, 3.63) is 34.9 Å². The number of halogens is 2. The number of morpholine rings is 1. The molecule has 1 aromatic carbocycles. The quantitative estimate of drug-likeness (QED) is 0.869. The lowest BCUT2D eigenvalue weighted by atomic mass is 9.91. The second-order valence-electron chi connectivity index (χ2n) is 7.06. The normalized spacial score (nSPS) is 28.3. The van der Waals surface area contributed by atoms with Crippen molar-refractivity contribution in [2.24, 2.45) is 11.3 Å². The first-order valence-electron chi connectivity index (χ1n) is 8.55. The molecule has 1 spiro atoms. The average molecular weight is 371 g/mol. The predicted octanol–water partition coefficient (Wildman–Crippen LogP) is 3.05. The lowest BCUT2D eigenvalue weighted by Crippen LogP contribution is -2.44. The van der Waals surface area contributed by atoms with E-state index in [1.54, 1.807) is 0 Å². The van der Waals surface area contributed by atoms with Crippen LogP contribution >= 0.6 is 24.0 Å². The lowest BCUT2D eigenvalue weighted by molar-refractivity contribution is -0.141. The van der Waals surface area contributed by atoms with E-state index >= 15 is 0 Å². The highest BCUT2D eigenvalue weighted by Gasteiger charge is 2.58. The summed E-state index contributed by atoms with van der Waals surface area (Å²) >= 11 is 5.95. The highest BCUT2D eigenvalue weighted by molar-refractivity contribution is 6.30. The van der Waals surface area contributed by atoms with Crippen LogP contribution in [0.25, 0.3) is 0 Å². The average Bonchev–Trinajstić information content (AvgIpc) is 3.28. The summed E-state index contributed by atoms with van der Waals surface area (Å²) in [5, 5.41) is 4.12. The third kappa shape index (κ3) is 3.43. The van der Waals surface area contributed by atoms with Gasteiger partial charge in [-0.3, -0.25) is 4.79 Å². The minimum absolute atomic E-state index is 0. The molecule has 2 atom stereocenters. The molecule has 0 aromatic heterocycles. The number of hydrogen-bond acceptors (Lipinski definition) is 3. The van der Waals surface area contributed by atoms with Gasteiger partial charge in [0, 0.05) is 17.5 Å². The first-order valence-corrected chi connectivity index (χ1v) is 8.92. The molecule has 3 aliphatic rings. The fourth-order valence-corrected chi connectivity index (χ4v) is 4.25. The van der Waals surface area contributed by atoms with Gasteiger partial charge in [-0.15, -0.1) is 12.4 Å². The van der Waals surface area contributed by atoms with Gasteiger partial charge in [0.05, 0.1) is 13.2 Å². The summed E-state index contributed by atoms with van der Waals surface area (Å²) in [6.45, 7) is 4.10. The molecule has 0 radical (unpaired) electrons. The van der Waals surface area contributed by atoms with Gasteiger partial charge in [0.25, 0.3) is 0 Å². The van der Waals surface area contributed by atoms with Crippen LogP contribution in [0.2, 0.25) is 5.02 Å². The molecule has 2 saturated heterocycles. The van der Waals surface area contributed by atoms with E-state index in [0.717, 1.165) is 42.9 Å². The van der Waals surface area contributed by atoms with Gasteiger partial charge in [-0.2, -0.15) is 0 Å². The van der Waals surface area contributed by atoms with E-state index in [9.17, 15) is 4.79 Å². The van der Waals surface area contributed by atoms with Gasteiger partial charge in [-0.25, -0.2) is 0 Å². The molecule has 4 rings (SSSR count). The van der Waals surface area contributed by atoms with E-state index in [1.807, 2.05) is 29.2 Å². The predicted molar refractivity (Wildman–Crippen MR) is 96.6 cm³/mol. The monoisotopic (exact) mass is 370 g/mol. The van der Waals surface area contributed by atoms with Crippen molar-refractivity contribution in [1.29, 1.82) is 0 Å². The molecule has 2 unspecified atom stereocenters. The fraction of sp³-hybridized carbons (Fsp3) is 0.611. The van der Waals surface area contributed by atoms with Gasteiger partial charge >= 0.3 is 0 Å². The van der Waals surface area contributed by atoms with Crippen LogP contribution in [0.3, 0.4) is 0 Å². The molecule has 2 heterocycles. The number of benzene rings is 1. The molecule has 24 heavy (non-hydrogen) atoms. The molecule has 1 saturated carbocycles. The van der Waals surface area contributed by atoms with Crippen molar-refractivity contribution in [3.8, 4) is 0 Å². The van der Waals surface area contributed by atoms with Gasteiger partial charge in [0.2, 0.25) is 5.91 Å². The Labute approximate surface area is 154 Å². The van der Waals surface area contributed by atoms with Gasteiger partial charge < -0.3 is 15.0 Å². The number of carbonyl (C=O) groups excluding carboxylic acids is 1. The Morgan fingerprint density at radius 1 is 1.25 bits per heavy atom. The second-order valence-corrected chi connectivity index (χ2v) is 7.50. The second kappa shape index (κ2) is 7.20. The number of hydrogen-bond donors (Lipinski definition) is 1. The van der Waals surface area contributed by atoms with E-state index in [0.29, 0.717) is 31.0 Å². The first kappa shape index (κ1) is 18.0. The Morgan fingerprint density at radius 3 is 2.67 bits per heavy atom. The summed E-state index contributed by atoms with van der Waals surface area (Å²) < 4.78 is 5.87. The van der Waals surface area contributed by atoms with E-state index < -0.39 is 0 Å². The Kier molecular flexibility index (Phi) is 5.40.